The summed E-state index contributed by atoms with van der Waals surface area (Å²) in [5.74, 6) is 0. The van der Waals surface area contributed by atoms with Crippen LogP contribution in [0.25, 0.3) is 11.1 Å². The fourth-order valence-electron chi connectivity index (χ4n) is 2.35. The van der Waals surface area contributed by atoms with Gasteiger partial charge in [-0.05, 0) is 41.0 Å². The van der Waals surface area contributed by atoms with Gasteiger partial charge in [-0.25, -0.2) is 8.42 Å². The van der Waals surface area contributed by atoms with Crippen LogP contribution in [0.3, 0.4) is 0 Å². The SMILES string of the molecule is O=S(=O)(c1ccccc1)c1ccc(-c2ccc(CBr)cc2)cc1. The lowest BCUT2D eigenvalue weighted by molar-refractivity contribution is 0.596. The Balaban J connectivity index is 1.93. The van der Waals surface area contributed by atoms with Crippen molar-refractivity contribution >= 4 is 25.8 Å². The van der Waals surface area contributed by atoms with E-state index in [4.69, 9.17) is 0 Å². The van der Waals surface area contributed by atoms with Crippen molar-refractivity contribution in [2.75, 3.05) is 0 Å². The highest BCUT2D eigenvalue weighted by Crippen LogP contribution is 2.25. The number of halogens is 1. The minimum absolute atomic E-state index is 0.310. The molecule has 0 aromatic heterocycles. The Morgan fingerprint density at radius 2 is 1.13 bits per heavy atom. The minimum Gasteiger partial charge on any atom is -0.219 e. The van der Waals surface area contributed by atoms with Gasteiger partial charge in [0.25, 0.3) is 0 Å². The Hall–Kier alpha value is -1.91. The van der Waals surface area contributed by atoms with Gasteiger partial charge in [0.1, 0.15) is 0 Å². The summed E-state index contributed by atoms with van der Waals surface area (Å²) in [5.41, 5.74) is 3.27. The van der Waals surface area contributed by atoms with Crippen LogP contribution < -0.4 is 0 Å². The van der Waals surface area contributed by atoms with Gasteiger partial charge in [-0.3, -0.25) is 0 Å². The minimum atomic E-state index is -3.45. The van der Waals surface area contributed by atoms with Gasteiger partial charge in [0.15, 0.2) is 0 Å². The summed E-state index contributed by atoms with van der Waals surface area (Å²) in [4.78, 5) is 0.624. The maximum absolute atomic E-state index is 12.6. The third-order valence-electron chi connectivity index (χ3n) is 3.66. The second-order valence-electron chi connectivity index (χ2n) is 5.17. The zero-order chi connectivity index (χ0) is 16.3. The molecule has 0 atom stereocenters. The molecule has 116 valence electrons. The Kier molecular flexibility index (Phi) is 4.64. The lowest BCUT2D eigenvalue weighted by Gasteiger charge is -2.07. The molecule has 0 fully saturated rings. The van der Waals surface area contributed by atoms with E-state index in [-0.39, 0.29) is 0 Å². The smallest absolute Gasteiger partial charge is 0.206 e. The molecule has 0 radical (unpaired) electrons. The van der Waals surface area contributed by atoms with Crippen LogP contribution in [0.4, 0.5) is 0 Å². The van der Waals surface area contributed by atoms with E-state index >= 15 is 0 Å². The number of hydrogen-bond acceptors (Lipinski definition) is 2. The van der Waals surface area contributed by atoms with Crippen molar-refractivity contribution in [1.82, 2.24) is 0 Å². The average molecular weight is 387 g/mol. The summed E-state index contributed by atoms with van der Waals surface area (Å²) in [6.45, 7) is 0. The van der Waals surface area contributed by atoms with Crippen molar-refractivity contribution < 1.29 is 8.42 Å². The van der Waals surface area contributed by atoms with Gasteiger partial charge in [0.05, 0.1) is 9.79 Å². The highest BCUT2D eigenvalue weighted by Gasteiger charge is 2.16. The van der Waals surface area contributed by atoms with Crippen LogP contribution in [0.2, 0.25) is 0 Å². The van der Waals surface area contributed by atoms with E-state index in [0.29, 0.717) is 9.79 Å². The molecule has 2 nitrogen and oxygen atoms in total. The number of benzene rings is 3. The summed E-state index contributed by atoms with van der Waals surface area (Å²) in [7, 11) is -3.45. The lowest BCUT2D eigenvalue weighted by atomic mass is 10.0. The Bertz CT molecular complexity index is 884. The first-order valence-electron chi connectivity index (χ1n) is 7.17. The summed E-state index contributed by atoms with van der Waals surface area (Å²) < 4.78 is 25.1. The average Bonchev–Trinajstić information content (AvgIpc) is 2.63. The van der Waals surface area contributed by atoms with E-state index in [0.717, 1.165) is 16.5 Å². The topological polar surface area (TPSA) is 34.1 Å². The first-order valence-corrected chi connectivity index (χ1v) is 9.77. The second kappa shape index (κ2) is 6.69. The van der Waals surface area contributed by atoms with Gasteiger partial charge in [-0.15, -0.1) is 0 Å². The Labute approximate surface area is 144 Å². The molecule has 3 rings (SSSR count). The second-order valence-corrected chi connectivity index (χ2v) is 7.68. The zero-order valence-corrected chi connectivity index (χ0v) is 14.7. The summed E-state index contributed by atoms with van der Waals surface area (Å²) in [5, 5.41) is 0.821. The molecule has 0 aliphatic rings. The van der Waals surface area contributed by atoms with E-state index in [9.17, 15) is 8.42 Å². The fourth-order valence-corrected chi connectivity index (χ4v) is 4.00. The van der Waals surface area contributed by atoms with E-state index < -0.39 is 9.84 Å². The predicted octanol–water partition coefficient (Wildman–Crippen LogP) is 5.08. The summed E-state index contributed by atoms with van der Waals surface area (Å²) >= 11 is 3.43. The molecule has 3 aromatic rings. The molecule has 0 saturated carbocycles. The van der Waals surface area contributed by atoms with Crippen molar-refractivity contribution in [3.05, 3.63) is 84.4 Å². The zero-order valence-electron chi connectivity index (χ0n) is 12.3. The summed E-state index contributed by atoms with van der Waals surface area (Å²) in [6.07, 6.45) is 0. The van der Waals surface area contributed by atoms with E-state index in [1.165, 1.54) is 5.56 Å². The van der Waals surface area contributed by atoms with Crippen LogP contribution in [-0.4, -0.2) is 8.42 Å². The normalized spacial score (nSPS) is 11.3. The monoisotopic (exact) mass is 386 g/mol. The molecule has 23 heavy (non-hydrogen) atoms. The van der Waals surface area contributed by atoms with Crippen molar-refractivity contribution in [3.63, 3.8) is 0 Å². The van der Waals surface area contributed by atoms with Crippen molar-refractivity contribution in [2.45, 2.75) is 15.1 Å². The standard InChI is InChI=1S/C19H15BrO2S/c20-14-15-6-8-16(9-7-15)17-10-12-19(13-11-17)23(21,22)18-4-2-1-3-5-18/h1-13H,14H2. The molecule has 4 heteroatoms. The Morgan fingerprint density at radius 1 is 0.652 bits per heavy atom. The molecular formula is C19H15BrO2S. The predicted molar refractivity (Wildman–Crippen MR) is 96.4 cm³/mol. The van der Waals surface area contributed by atoms with Crippen LogP contribution in [0.1, 0.15) is 5.56 Å². The van der Waals surface area contributed by atoms with E-state index in [2.05, 4.69) is 28.1 Å². The van der Waals surface area contributed by atoms with Gasteiger partial charge in [-0.1, -0.05) is 70.5 Å². The number of hydrogen-bond donors (Lipinski definition) is 0. The first-order chi connectivity index (χ1) is 11.1. The molecule has 0 unspecified atom stereocenters. The van der Waals surface area contributed by atoms with Gasteiger partial charge in [0, 0.05) is 5.33 Å². The first kappa shape index (κ1) is 16.0. The molecule has 3 aromatic carbocycles. The fraction of sp³-hybridized carbons (Fsp3) is 0.0526. The van der Waals surface area contributed by atoms with Crippen LogP contribution in [0.5, 0.6) is 0 Å². The molecule has 0 heterocycles. The van der Waals surface area contributed by atoms with Gasteiger partial charge < -0.3 is 0 Å². The van der Waals surface area contributed by atoms with Crippen LogP contribution in [0, 0.1) is 0 Å². The third kappa shape index (κ3) is 3.38. The van der Waals surface area contributed by atoms with Crippen molar-refractivity contribution in [3.8, 4) is 11.1 Å². The van der Waals surface area contributed by atoms with Crippen molar-refractivity contribution in [1.29, 1.82) is 0 Å². The molecule has 0 spiro atoms. The highest BCUT2D eigenvalue weighted by atomic mass is 79.9. The molecule has 0 amide bonds. The molecular weight excluding hydrogens is 372 g/mol. The lowest BCUT2D eigenvalue weighted by Crippen LogP contribution is -2.01. The maximum atomic E-state index is 12.6. The number of alkyl halides is 1. The maximum Gasteiger partial charge on any atom is 0.206 e. The van der Waals surface area contributed by atoms with Gasteiger partial charge >= 0.3 is 0 Å². The molecule has 0 aliphatic heterocycles. The van der Waals surface area contributed by atoms with E-state index in [1.54, 1.807) is 42.5 Å². The number of sulfone groups is 1. The quantitative estimate of drug-likeness (QED) is 0.585. The molecule has 0 saturated heterocycles. The van der Waals surface area contributed by atoms with Gasteiger partial charge in [-0.2, -0.15) is 0 Å². The molecule has 0 N–H and O–H groups in total. The highest BCUT2D eigenvalue weighted by molar-refractivity contribution is 9.08. The third-order valence-corrected chi connectivity index (χ3v) is 6.09. The molecule has 0 bridgehead atoms. The Morgan fingerprint density at radius 3 is 1.65 bits per heavy atom. The van der Waals surface area contributed by atoms with Crippen molar-refractivity contribution in [2.24, 2.45) is 0 Å². The van der Waals surface area contributed by atoms with Crippen LogP contribution in [-0.2, 0) is 15.2 Å². The number of rotatable bonds is 4. The van der Waals surface area contributed by atoms with Crippen LogP contribution in [0.15, 0.2) is 88.7 Å². The van der Waals surface area contributed by atoms with Gasteiger partial charge in [0.2, 0.25) is 9.84 Å². The largest absolute Gasteiger partial charge is 0.219 e. The van der Waals surface area contributed by atoms with Crippen LogP contribution >= 0.6 is 15.9 Å². The molecule has 0 aliphatic carbocycles. The summed E-state index contributed by atoms with van der Waals surface area (Å²) in [6, 6.07) is 23.7. The van der Waals surface area contributed by atoms with E-state index in [1.807, 2.05) is 24.3 Å².